The summed E-state index contributed by atoms with van der Waals surface area (Å²) in [6, 6.07) is 7.09. The van der Waals surface area contributed by atoms with Crippen LogP contribution in [-0.2, 0) is 4.84 Å². The van der Waals surface area contributed by atoms with Crippen LogP contribution < -0.4 is 0 Å². The molecular formula is C22H27N3O4S. The van der Waals surface area contributed by atoms with Gasteiger partial charge in [-0.25, -0.2) is 9.78 Å². The third-order valence-electron chi connectivity index (χ3n) is 5.97. The fourth-order valence-electron chi connectivity index (χ4n) is 4.30. The van der Waals surface area contributed by atoms with E-state index >= 15 is 0 Å². The number of carbonyl (C=O) groups is 1. The van der Waals surface area contributed by atoms with Crippen molar-refractivity contribution in [1.82, 2.24) is 9.88 Å². The van der Waals surface area contributed by atoms with E-state index in [2.05, 4.69) is 25.9 Å². The topological polar surface area (TPSA) is 95.3 Å². The van der Waals surface area contributed by atoms with Crippen LogP contribution in [0.2, 0.25) is 0 Å². The second-order valence-electron chi connectivity index (χ2n) is 9.05. The molecular weight excluding hydrogens is 402 g/mol. The quantitative estimate of drug-likeness (QED) is 0.717. The van der Waals surface area contributed by atoms with Crippen LogP contribution in [-0.4, -0.2) is 44.5 Å². The lowest BCUT2D eigenvalue weighted by Crippen LogP contribution is -2.51. The first-order chi connectivity index (χ1) is 14.2. The van der Waals surface area contributed by atoms with Crippen molar-refractivity contribution >= 4 is 23.1 Å². The molecule has 2 aliphatic rings. The number of aromatic nitrogens is 1. The Hall–Kier alpha value is -2.61. The number of aromatic hydroxyl groups is 1. The van der Waals surface area contributed by atoms with Crippen LogP contribution >= 0.6 is 11.3 Å². The maximum atomic E-state index is 11.7. The molecule has 3 heterocycles. The Labute approximate surface area is 180 Å². The van der Waals surface area contributed by atoms with Gasteiger partial charge in [0.05, 0.1) is 10.7 Å². The van der Waals surface area contributed by atoms with Crippen LogP contribution in [0.1, 0.15) is 68.3 Å². The van der Waals surface area contributed by atoms with E-state index in [0.29, 0.717) is 13.0 Å². The molecule has 0 radical (unpaired) electrons. The summed E-state index contributed by atoms with van der Waals surface area (Å²) in [7, 11) is 0. The fourth-order valence-corrected chi connectivity index (χ4v) is 5.28. The van der Waals surface area contributed by atoms with E-state index in [9.17, 15) is 15.0 Å². The van der Waals surface area contributed by atoms with Gasteiger partial charge >= 0.3 is 6.09 Å². The van der Waals surface area contributed by atoms with Gasteiger partial charge in [0, 0.05) is 35.9 Å². The van der Waals surface area contributed by atoms with Crippen molar-refractivity contribution in [2.75, 3.05) is 6.54 Å². The smallest absolute Gasteiger partial charge is 0.407 e. The van der Waals surface area contributed by atoms with Crippen molar-refractivity contribution in [3.05, 3.63) is 45.9 Å². The van der Waals surface area contributed by atoms with Crippen molar-refractivity contribution in [3.8, 4) is 5.75 Å². The number of likely N-dealkylation sites (tertiary alicyclic amines) is 1. The lowest BCUT2D eigenvalue weighted by atomic mass is 9.77. The zero-order valence-corrected chi connectivity index (χ0v) is 18.2. The normalized spacial score (nSPS) is 24.4. The minimum atomic E-state index is -0.846. The van der Waals surface area contributed by atoms with E-state index in [-0.39, 0.29) is 29.2 Å². The number of benzene rings is 1. The second-order valence-corrected chi connectivity index (χ2v) is 9.93. The number of oxime groups is 1. The number of thiazole rings is 1. The zero-order chi connectivity index (χ0) is 21.5. The molecule has 160 valence electrons. The maximum Gasteiger partial charge on any atom is 0.407 e. The van der Waals surface area contributed by atoms with Crippen LogP contribution in [0.25, 0.3) is 0 Å². The summed E-state index contributed by atoms with van der Waals surface area (Å²) < 4.78 is 0. The summed E-state index contributed by atoms with van der Waals surface area (Å²) in [5.41, 5.74) is 2.17. The van der Waals surface area contributed by atoms with Crippen molar-refractivity contribution < 1.29 is 19.8 Å². The summed E-state index contributed by atoms with van der Waals surface area (Å²) in [6.07, 6.45) is 0.945. The standard InChI is InChI=1S/C22H27N3O4S/c1-22(2,3)19-10-13(8-9-25(19)21(27)28)20-23-16(12-30-20)15-11-18(29-24-15)14-6-4-5-7-17(14)26/h4-7,12-13,18-19,26H,8-11H2,1-3H3,(H,27,28). The lowest BCUT2D eigenvalue weighted by Gasteiger charge is -2.44. The van der Waals surface area contributed by atoms with E-state index < -0.39 is 6.09 Å². The molecule has 1 fully saturated rings. The van der Waals surface area contributed by atoms with Gasteiger partial charge in [0.25, 0.3) is 0 Å². The van der Waals surface area contributed by atoms with Gasteiger partial charge in [-0.3, -0.25) is 0 Å². The zero-order valence-electron chi connectivity index (χ0n) is 17.4. The molecule has 30 heavy (non-hydrogen) atoms. The Kier molecular flexibility index (Phi) is 5.44. The van der Waals surface area contributed by atoms with Gasteiger partial charge in [-0.1, -0.05) is 44.1 Å². The molecule has 1 amide bonds. The monoisotopic (exact) mass is 429 g/mol. The summed E-state index contributed by atoms with van der Waals surface area (Å²) >= 11 is 1.60. The van der Waals surface area contributed by atoms with Crippen molar-refractivity contribution in [1.29, 1.82) is 0 Å². The average molecular weight is 430 g/mol. The van der Waals surface area contributed by atoms with Crippen LogP contribution in [0, 0.1) is 5.41 Å². The number of phenolic OH excluding ortho intramolecular Hbond substituents is 1. The van der Waals surface area contributed by atoms with Crippen molar-refractivity contribution in [2.45, 2.75) is 58.1 Å². The summed E-state index contributed by atoms with van der Waals surface area (Å²) in [5.74, 6) is 0.441. The van der Waals surface area contributed by atoms with E-state index in [1.165, 1.54) is 0 Å². The number of nitrogens with zero attached hydrogens (tertiary/aromatic N) is 3. The first-order valence-electron chi connectivity index (χ1n) is 10.2. The lowest BCUT2D eigenvalue weighted by molar-refractivity contribution is 0.0525. The molecule has 4 rings (SSSR count). The van der Waals surface area contributed by atoms with E-state index in [1.807, 2.05) is 17.5 Å². The highest BCUT2D eigenvalue weighted by atomic mass is 32.1. The number of piperidine rings is 1. The Morgan fingerprint density at radius 3 is 2.77 bits per heavy atom. The van der Waals surface area contributed by atoms with Gasteiger partial charge in [-0.05, 0) is 24.3 Å². The number of hydrogen-bond acceptors (Lipinski definition) is 6. The van der Waals surface area contributed by atoms with Crippen LogP contribution in [0.5, 0.6) is 5.75 Å². The molecule has 0 aliphatic carbocycles. The predicted octanol–water partition coefficient (Wildman–Crippen LogP) is 4.99. The van der Waals surface area contributed by atoms with Gasteiger partial charge in [0.15, 0.2) is 6.10 Å². The number of carboxylic acid groups (broad SMARTS) is 1. The van der Waals surface area contributed by atoms with Gasteiger partial charge in [0.2, 0.25) is 0 Å². The van der Waals surface area contributed by atoms with Gasteiger partial charge in [-0.15, -0.1) is 11.3 Å². The number of amides is 1. The molecule has 1 aromatic carbocycles. The molecule has 3 atom stereocenters. The number of rotatable bonds is 3. The molecule has 2 N–H and O–H groups in total. The Morgan fingerprint density at radius 2 is 2.07 bits per heavy atom. The Morgan fingerprint density at radius 1 is 1.30 bits per heavy atom. The molecule has 3 unspecified atom stereocenters. The highest BCUT2D eigenvalue weighted by Crippen LogP contribution is 2.40. The van der Waals surface area contributed by atoms with Crippen LogP contribution in [0.4, 0.5) is 4.79 Å². The molecule has 0 saturated carbocycles. The van der Waals surface area contributed by atoms with Crippen LogP contribution in [0.15, 0.2) is 34.8 Å². The Bertz CT molecular complexity index is 965. The second kappa shape index (κ2) is 7.91. The first-order valence-corrected chi connectivity index (χ1v) is 11.1. The third kappa shape index (κ3) is 4.01. The molecule has 2 aliphatic heterocycles. The van der Waals surface area contributed by atoms with E-state index in [1.54, 1.807) is 28.4 Å². The highest BCUT2D eigenvalue weighted by molar-refractivity contribution is 7.10. The summed E-state index contributed by atoms with van der Waals surface area (Å²) in [4.78, 5) is 23.6. The van der Waals surface area contributed by atoms with Crippen molar-refractivity contribution in [3.63, 3.8) is 0 Å². The molecule has 0 bridgehead atoms. The highest BCUT2D eigenvalue weighted by Gasteiger charge is 2.40. The predicted molar refractivity (Wildman–Crippen MR) is 115 cm³/mol. The largest absolute Gasteiger partial charge is 0.508 e. The molecule has 0 spiro atoms. The maximum absolute atomic E-state index is 11.7. The number of hydrogen-bond donors (Lipinski definition) is 2. The minimum absolute atomic E-state index is 0.0429. The minimum Gasteiger partial charge on any atom is -0.508 e. The number of para-hydroxylation sites is 1. The van der Waals surface area contributed by atoms with Crippen molar-refractivity contribution in [2.24, 2.45) is 10.6 Å². The summed E-state index contributed by atoms with van der Waals surface area (Å²) in [6.45, 7) is 6.79. The molecule has 1 saturated heterocycles. The molecule has 1 aromatic heterocycles. The van der Waals surface area contributed by atoms with Crippen LogP contribution in [0.3, 0.4) is 0 Å². The SMILES string of the molecule is CC(C)(C)C1CC(c2nc(C3=NOC(c4ccccc4O)C3)cs2)CCN1C(=O)O. The first kappa shape index (κ1) is 20.7. The van der Waals surface area contributed by atoms with Gasteiger partial charge in [-0.2, -0.15) is 0 Å². The van der Waals surface area contributed by atoms with Gasteiger partial charge in [0.1, 0.15) is 11.5 Å². The fraction of sp³-hybridized carbons (Fsp3) is 0.500. The summed E-state index contributed by atoms with van der Waals surface area (Å²) in [5, 5.41) is 26.9. The Balaban J connectivity index is 1.47. The molecule has 8 heteroatoms. The average Bonchev–Trinajstić information content (AvgIpc) is 3.37. The molecule has 2 aromatic rings. The van der Waals surface area contributed by atoms with E-state index in [0.717, 1.165) is 34.8 Å². The van der Waals surface area contributed by atoms with Gasteiger partial charge < -0.3 is 20.0 Å². The third-order valence-corrected chi connectivity index (χ3v) is 6.97. The molecule has 7 nitrogen and oxygen atoms in total. The van der Waals surface area contributed by atoms with E-state index in [4.69, 9.17) is 9.82 Å². The number of phenols is 1.